The lowest BCUT2D eigenvalue weighted by Gasteiger charge is -2.22. The number of nitrogens with zero attached hydrogens (tertiary/aromatic N) is 3. The Morgan fingerprint density at radius 1 is 1.21 bits per heavy atom. The van der Waals surface area contributed by atoms with E-state index in [9.17, 15) is 4.79 Å². The summed E-state index contributed by atoms with van der Waals surface area (Å²) in [6.07, 6.45) is 0.966. The SMILES string of the molecule is Cc1ccc(-c2nnc(SCC(=O)N3CCC(C)Sc4ccccc43)o2)cc1C. The van der Waals surface area contributed by atoms with Gasteiger partial charge in [0.05, 0.1) is 11.4 Å². The average molecular weight is 426 g/mol. The quantitative estimate of drug-likeness (QED) is 0.524. The summed E-state index contributed by atoms with van der Waals surface area (Å²) in [5.41, 5.74) is 4.29. The van der Waals surface area contributed by atoms with E-state index in [0.29, 0.717) is 16.4 Å². The molecule has 1 amide bonds. The summed E-state index contributed by atoms with van der Waals surface area (Å²) in [7, 11) is 0. The fourth-order valence-corrected chi connectivity index (χ4v) is 4.96. The molecule has 0 saturated heterocycles. The third-order valence-corrected chi connectivity index (χ3v) is 7.06. The molecule has 0 spiro atoms. The third kappa shape index (κ3) is 4.51. The highest BCUT2D eigenvalue weighted by Gasteiger charge is 2.24. The fourth-order valence-electron chi connectivity index (χ4n) is 3.21. The third-order valence-electron chi connectivity index (χ3n) is 5.02. The molecule has 3 aromatic rings. The molecule has 4 rings (SSSR count). The molecule has 5 nitrogen and oxygen atoms in total. The summed E-state index contributed by atoms with van der Waals surface area (Å²) in [5.74, 6) is 0.804. The lowest BCUT2D eigenvalue weighted by molar-refractivity contribution is -0.116. The number of aryl methyl sites for hydroxylation is 2. The van der Waals surface area contributed by atoms with Gasteiger partial charge in [0.25, 0.3) is 5.22 Å². The van der Waals surface area contributed by atoms with Gasteiger partial charge in [0.1, 0.15) is 0 Å². The second-order valence-corrected chi connectivity index (χ2v) is 9.60. The molecule has 1 aliphatic heterocycles. The molecule has 2 heterocycles. The Bertz CT molecular complexity index is 1030. The number of amides is 1. The number of anilines is 1. The highest BCUT2D eigenvalue weighted by molar-refractivity contribution is 8.00. The lowest BCUT2D eigenvalue weighted by atomic mass is 10.1. The molecule has 2 aromatic carbocycles. The van der Waals surface area contributed by atoms with Crippen LogP contribution in [0.5, 0.6) is 0 Å². The van der Waals surface area contributed by atoms with Crippen molar-refractivity contribution in [3.63, 3.8) is 0 Å². The van der Waals surface area contributed by atoms with Crippen LogP contribution in [0, 0.1) is 13.8 Å². The number of carbonyl (C=O) groups excluding carboxylic acids is 1. The normalized spacial score (nSPS) is 16.4. The molecule has 29 heavy (non-hydrogen) atoms. The van der Waals surface area contributed by atoms with Crippen molar-refractivity contribution in [3.05, 3.63) is 53.6 Å². The van der Waals surface area contributed by atoms with E-state index in [4.69, 9.17) is 4.42 Å². The number of para-hydroxylation sites is 1. The zero-order valence-corrected chi connectivity index (χ0v) is 18.3. The highest BCUT2D eigenvalue weighted by atomic mass is 32.2. The van der Waals surface area contributed by atoms with E-state index in [1.165, 1.54) is 22.9 Å². The molecule has 1 atom stereocenters. The number of thioether (sulfide) groups is 2. The first-order valence-electron chi connectivity index (χ1n) is 9.61. The first-order chi connectivity index (χ1) is 14.0. The monoisotopic (exact) mass is 425 g/mol. The van der Waals surface area contributed by atoms with E-state index in [-0.39, 0.29) is 11.7 Å². The van der Waals surface area contributed by atoms with Crippen LogP contribution in [0.3, 0.4) is 0 Å². The largest absolute Gasteiger partial charge is 0.411 e. The lowest BCUT2D eigenvalue weighted by Crippen LogP contribution is -2.33. The Labute approximate surface area is 179 Å². The molecule has 0 N–H and O–H groups in total. The van der Waals surface area contributed by atoms with Gasteiger partial charge in [-0.15, -0.1) is 22.0 Å². The van der Waals surface area contributed by atoms with E-state index in [1.54, 1.807) is 0 Å². The molecule has 0 radical (unpaired) electrons. The minimum absolute atomic E-state index is 0.0584. The van der Waals surface area contributed by atoms with Gasteiger partial charge in [-0.3, -0.25) is 4.79 Å². The van der Waals surface area contributed by atoms with Crippen molar-refractivity contribution in [2.24, 2.45) is 0 Å². The van der Waals surface area contributed by atoms with Gasteiger partial charge in [-0.05, 0) is 55.7 Å². The van der Waals surface area contributed by atoms with Crippen LogP contribution in [-0.2, 0) is 4.79 Å². The zero-order valence-electron chi connectivity index (χ0n) is 16.7. The molecule has 150 valence electrons. The van der Waals surface area contributed by atoms with Crippen molar-refractivity contribution in [2.45, 2.75) is 42.6 Å². The van der Waals surface area contributed by atoms with E-state index in [0.717, 1.165) is 29.1 Å². The Morgan fingerprint density at radius 2 is 2.03 bits per heavy atom. The fraction of sp³-hybridized carbons (Fsp3) is 0.318. The number of hydrogen-bond donors (Lipinski definition) is 0. The van der Waals surface area contributed by atoms with Gasteiger partial charge >= 0.3 is 0 Å². The smallest absolute Gasteiger partial charge is 0.277 e. The zero-order chi connectivity index (χ0) is 20.4. The van der Waals surface area contributed by atoms with Gasteiger partial charge in [0.2, 0.25) is 11.8 Å². The summed E-state index contributed by atoms with van der Waals surface area (Å²) in [4.78, 5) is 16.0. The molecule has 0 aliphatic carbocycles. The van der Waals surface area contributed by atoms with E-state index < -0.39 is 0 Å². The molecule has 1 unspecified atom stereocenters. The van der Waals surface area contributed by atoms with Crippen LogP contribution < -0.4 is 4.90 Å². The molecule has 0 saturated carbocycles. The molecule has 7 heteroatoms. The van der Waals surface area contributed by atoms with Crippen molar-refractivity contribution in [3.8, 4) is 11.5 Å². The van der Waals surface area contributed by atoms with Crippen LogP contribution in [0.2, 0.25) is 0 Å². The van der Waals surface area contributed by atoms with Gasteiger partial charge < -0.3 is 9.32 Å². The number of rotatable bonds is 4. The molecule has 0 bridgehead atoms. The first kappa shape index (κ1) is 20.0. The van der Waals surface area contributed by atoms with E-state index >= 15 is 0 Å². The van der Waals surface area contributed by atoms with Crippen molar-refractivity contribution in [1.82, 2.24) is 10.2 Å². The predicted molar refractivity (Wildman–Crippen MR) is 119 cm³/mol. The predicted octanol–water partition coefficient (Wildman–Crippen LogP) is 5.36. The van der Waals surface area contributed by atoms with Crippen molar-refractivity contribution in [1.29, 1.82) is 0 Å². The second-order valence-electron chi connectivity index (χ2n) is 7.19. The molecular weight excluding hydrogens is 402 g/mol. The number of fused-ring (bicyclic) bond motifs is 1. The van der Waals surface area contributed by atoms with Crippen molar-refractivity contribution >= 4 is 35.1 Å². The maximum Gasteiger partial charge on any atom is 0.277 e. The Morgan fingerprint density at radius 3 is 2.86 bits per heavy atom. The van der Waals surface area contributed by atoms with Crippen molar-refractivity contribution < 1.29 is 9.21 Å². The summed E-state index contributed by atoms with van der Waals surface area (Å²) < 4.78 is 5.78. The van der Waals surface area contributed by atoms with Crippen LogP contribution in [-0.4, -0.2) is 33.7 Å². The van der Waals surface area contributed by atoms with E-state index in [2.05, 4.69) is 37.0 Å². The summed E-state index contributed by atoms with van der Waals surface area (Å²) >= 11 is 3.12. The van der Waals surface area contributed by atoms with Crippen LogP contribution >= 0.6 is 23.5 Å². The number of benzene rings is 2. The highest BCUT2D eigenvalue weighted by Crippen LogP contribution is 2.37. The van der Waals surface area contributed by atoms with E-state index in [1.807, 2.05) is 53.1 Å². The van der Waals surface area contributed by atoms with Crippen LogP contribution in [0.25, 0.3) is 11.5 Å². The summed E-state index contributed by atoms with van der Waals surface area (Å²) in [6.45, 7) is 7.06. The van der Waals surface area contributed by atoms with Gasteiger partial charge in [-0.2, -0.15) is 0 Å². The van der Waals surface area contributed by atoms with Crippen LogP contribution in [0.15, 0.2) is 57.0 Å². The Balaban J connectivity index is 1.45. The van der Waals surface area contributed by atoms with Gasteiger partial charge in [-0.1, -0.05) is 36.9 Å². The first-order valence-corrected chi connectivity index (χ1v) is 11.5. The maximum absolute atomic E-state index is 13.0. The number of aromatic nitrogens is 2. The van der Waals surface area contributed by atoms with Crippen LogP contribution in [0.4, 0.5) is 5.69 Å². The van der Waals surface area contributed by atoms with Gasteiger partial charge in [0.15, 0.2) is 0 Å². The minimum atomic E-state index is 0.0584. The second kappa shape index (κ2) is 8.63. The molecular formula is C22H23N3O2S2. The summed E-state index contributed by atoms with van der Waals surface area (Å²) in [6, 6.07) is 14.2. The van der Waals surface area contributed by atoms with Crippen molar-refractivity contribution in [2.75, 3.05) is 17.2 Å². The maximum atomic E-state index is 13.0. The standard InChI is InChI=1S/C22H23N3O2S2/c1-14-8-9-17(12-15(14)2)21-23-24-22(27-21)28-13-20(26)25-11-10-16(3)29-19-7-5-4-6-18(19)25/h4-9,12,16H,10-11,13H2,1-3H3. The topological polar surface area (TPSA) is 59.2 Å². The number of hydrogen-bond acceptors (Lipinski definition) is 6. The van der Waals surface area contributed by atoms with Crippen LogP contribution in [0.1, 0.15) is 24.5 Å². The van der Waals surface area contributed by atoms with Gasteiger partial charge in [0, 0.05) is 22.3 Å². The average Bonchev–Trinajstić information content (AvgIpc) is 3.11. The Hall–Kier alpha value is -2.25. The van der Waals surface area contributed by atoms with Gasteiger partial charge in [-0.25, -0.2) is 0 Å². The number of carbonyl (C=O) groups is 1. The molecule has 1 aliphatic rings. The molecule has 0 fully saturated rings. The Kier molecular flexibility index (Phi) is 5.96. The minimum Gasteiger partial charge on any atom is -0.411 e. The molecule has 1 aromatic heterocycles. The summed E-state index contributed by atoms with van der Waals surface area (Å²) in [5, 5.41) is 9.15.